The zero-order valence-electron chi connectivity index (χ0n) is 16.6. The van der Waals surface area contributed by atoms with Crippen molar-refractivity contribution >= 4 is 34.4 Å². The Labute approximate surface area is 181 Å². The van der Waals surface area contributed by atoms with Crippen LogP contribution in [0.15, 0.2) is 41.2 Å². The van der Waals surface area contributed by atoms with Crippen LogP contribution in [0.3, 0.4) is 0 Å². The zero-order valence-corrected chi connectivity index (χ0v) is 17.3. The van der Waals surface area contributed by atoms with Crippen molar-refractivity contribution in [1.82, 2.24) is 9.55 Å². The van der Waals surface area contributed by atoms with Crippen LogP contribution >= 0.6 is 11.6 Å². The summed E-state index contributed by atoms with van der Waals surface area (Å²) >= 11 is 4.74. The van der Waals surface area contributed by atoms with Gasteiger partial charge in [-0.05, 0) is 24.6 Å². The van der Waals surface area contributed by atoms with Crippen LogP contribution < -0.4 is 5.56 Å². The second-order valence-corrected chi connectivity index (χ2v) is 7.59. The number of aromatic nitrogens is 2. The Bertz CT molecular complexity index is 1280. The van der Waals surface area contributed by atoms with E-state index in [1.165, 1.54) is 0 Å². The van der Waals surface area contributed by atoms with E-state index in [2.05, 4.69) is 0 Å². The highest BCUT2D eigenvalue weighted by atomic mass is 35.5. The average Bonchev–Trinajstić information content (AvgIpc) is 3.13. The lowest BCUT2D eigenvalue weighted by Crippen LogP contribution is -2.44. The highest BCUT2D eigenvalue weighted by molar-refractivity contribution is 6.26. The van der Waals surface area contributed by atoms with Gasteiger partial charge >= 0.3 is 11.9 Å². The standard InChI is InChI=1S/C20H16N2O4.C2H3ClO2/c1-2-20(25)14-8-16-17-12(7-11-5-3-4-6-15(11)21-17)9-22(16)18(23)13(14)10-26-19(20)24;3-1-2(4)5/h3-8,25H,2,9-10H2,1H3;1H2,(H,4,5)/t20-;/m0./s1. The number of ether oxygens (including phenoxy) is 1. The summed E-state index contributed by atoms with van der Waals surface area (Å²) in [5, 5.41) is 19.4. The molecule has 160 valence electrons. The van der Waals surface area contributed by atoms with Crippen LogP contribution in [0.5, 0.6) is 0 Å². The van der Waals surface area contributed by atoms with E-state index in [9.17, 15) is 19.5 Å². The Kier molecular flexibility index (Phi) is 5.28. The molecule has 0 radical (unpaired) electrons. The number of aliphatic hydroxyl groups is 1. The molecular weight excluding hydrogens is 424 g/mol. The minimum atomic E-state index is -1.79. The molecule has 31 heavy (non-hydrogen) atoms. The molecule has 0 bridgehead atoms. The first-order valence-electron chi connectivity index (χ1n) is 9.63. The molecule has 0 amide bonds. The number of benzene rings is 1. The minimum absolute atomic E-state index is 0.110. The van der Waals surface area contributed by atoms with Crippen molar-refractivity contribution in [2.75, 3.05) is 5.88 Å². The first-order valence-corrected chi connectivity index (χ1v) is 10.2. The third-order valence-electron chi connectivity index (χ3n) is 5.53. The molecule has 1 aromatic carbocycles. The average molecular weight is 443 g/mol. The molecule has 0 aliphatic carbocycles. The van der Waals surface area contributed by atoms with E-state index in [0.717, 1.165) is 22.2 Å². The number of carboxylic acids is 1. The number of pyridine rings is 2. The van der Waals surface area contributed by atoms with Gasteiger partial charge in [0, 0.05) is 16.5 Å². The van der Waals surface area contributed by atoms with E-state index in [1.807, 2.05) is 30.3 Å². The van der Waals surface area contributed by atoms with Crippen molar-refractivity contribution in [2.45, 2.75) is 32.1 Å². The number of carboxylic acid groups (broad SMARTS) is 1. The number of rotatable bonds is 2. The highest BCUT2D eigenvalue weighted by Gasteiger charge is 2.45. The van der Waals surface area contributed by atoms with E-state index in [4.69, 9.17) is 26.4 Å². The largest absolute Gasteiger partial charge is 0.480 e. The highest BCUT2D eigenvalue weighted by Crippen LogP contribution is 2.38. The van der Waals surface area contributed by atoms with E-state index in [0.29, 0.717) is 23.4 Å². The number of halogens is 1. The van der Waals surface area contributed by atoms with Crippen molar-refractivity contribution in [3.63, 3.8) is 0 Å². The fourth-order valence-corrected chi connectivity index (χ4v) is 3.93. The van der Waals surface area contributed by atoms with Crippen LogP contribution in [0.1, 0.15) is 30.0 Å². The number of cyclic esters (lactones) is 1. The van der Waals surface area contributed by atoms with E-state index in [1.54, 1.807) is 17.6 Å². The first-order chi connectivity index (χ1) is 14.8. The maximum Gasteiger partial charge on any atom is 0.343 e. The summed E-state index contributed by atoms with van der Waals surface area (Å²) in [6.45, 7) is 2.01. The lowest BCUT2D eigenvalue weighted by atomic mass is 9.86. The van der Waals surface area contributed by atoms with Gasteiger partial charge in [-0.25, -0.2) is 9.78 Å². The molecule has 1 atom stereocenters. The van der Waals surface area contributed by atoms with E-state index < -0.39 is 17.5 Å². The summed E-state index contributed by atoms with van der Waals surface area (Å²) < 4.78 is 6.72. The van der Waals surface area contributed by atoms with Crippen molar-refractivity contribution in [2.24, 2.45) is 0 Å². The van der Waals surface area contributed by atoms with Crippen LogP contribution in [0.2, 0.25) is 0 Å². The maximum atomic E-state index is 13.0. The summed E-state index contributed by atoms with van der Waals surface area (Å²) in [5.74, 6) is -1.99. The molecule has 0 saturated carbocycles. The predicted molar refractivity (Wildman–Crippen MR) is 113 cm³/mol. The maximum absolute atomic E-state index is 13.0. The van der Waals surface area contributed by atoms with Crippen LogP contribution in [-0.4, -0.2) is 37.6 Å². The molecular formula is C22H19ClN2O6. The zero-order chi connectivity index (χ0) is 22.3. The monoisotopic (exact) mass is 442 g/mol. The van der Waals surface area contributed by atoms with Crippen molar-refractivity contribution in [3.05, 3.63) is 63.4 Å². The second kappa shape index (κ2) is 7.79. The molecule has 0 unspecified atom stereocenters. The van der Waals surface area contributed by atoms with Crippen LogP contribution in [0, 0.1) is 0 Å². The summed E-state index contributed by atoms with van der Waals surface area (Å²) in [5.41, 5.74) is 1.81. The normalized spacial score (nSPS) is 18.4. The van der Waals surface area contributed by atoms with Gasteiger partial charge in [-0.2, -0.15) is 0 Å². The second-order valence-electron chi connectivity index (χ2n) is 7.32. The van der Waals surface area contributed by atoms with Crippen molar-refractivity contribution < 1.29 is 24.5 Å². The molecule has 8 nitrogen and oxygen atoms in total. The fraction of sp³-hybridized carbons (Fsp3) is 0.273. The van der Waals surface area contributed by atoms with Gasteiger partial charge in [-0.1, -0.05) is 25.1 Å². The number of fused-ring (bicyclic) bond motifs is 5. The van der Waals surface area contributed by atoms with Crippen molar-refractivity contribution in [1.29, 1.82) is 0 Å². The number of carbonyl (C=O) groups is 2. The Hall–Kier alpha value is -3.23. The topological polar surface area (TPSA) is 119 Å². The van der Waals surface area contributed by atoms with Gasteiger partial charge < -0.3 is 19.5 Å². The van der Waals surface area contributed by atoms with Crippen LogP contribution in [0.4, 0.5) is 0 Å². The van der Waals surface area contributed by atoms with Gasteiger partial charge in [0.1, 0.15) is 12.5 Å². The Morgan fingerprint density at radius 2 is 2.00 bits per heavy atom. The minimum Gasteiger partial charge on any atom is -0.480 e. The summed E-state index contributed by atoms with van der Waals surface area (Å²) in [6.07, 6.45) is 0.139. The van der Waals surface area contributed by atoms with Gasteiger partial charge in [0.2, 0.25) is 0 Å². The molecule has 0 fully saturated rings. The van der Waals surface area contributed by atoms with Crippen LogP contribution in [-0.2, 0) is 33.1 Å². The molecule has 4 heterocycles. The number of alkyl halides is 1. The van der Waals surface area contributed by atoms with Gasteiger partial charge in [-0.3, -0.25) is 9.59 Å². The number of hydrogen-bond acceptors (Lipinski definition) is 6. The van der Waals surface area contributed by atoms with Gasteiger partial charge in [-0.15, -0.1) is 11.6 Å². The van der Waals surface area contributed by atoms with Crippen LogP contribution in [0.25, 0.3) is 22.3 Å². The lowest BCUT2D eigenvalue weighted by Gasteiger charge is -2.31. The van der Waals surface area contributed by atoms with Crippen molar-refractivity contribution in [3.8, 4) is 11.4 Å². The van der Waals surface area contributed by atoms with Gasteiger partial charge in [0.15, 0.2) is 5.60 Å². The third-order valence-corrected chi connectivity index (χ3v) is 5.76. The molecule has 0 saturated heterocycles. The Morgan fingerprint density at radius 1 is 1.29 bits per heavy atom. The molecule has 2 N–H and O–H groups in total. The Morgan fingerprint density at radius 3 is 2.68 bits per heavy atom. The third kappa shape index (κ3) is 3.37. The number of carbonyl (C=O) groups excluding carboxylic acids is 1. The molecule has 0 spiro atoms. The Balaban J connectivity index is 0.000000418. The SMILES string of the molecule is CC[C@@]1(O)C(=O)OCc2c1cc1n(c2=O)Cc2cc3ccccc3nc2-1.O=C(O)CCl. The number of aliphatic carboxylic acids is 1. The molecule has 2 aliphatic rings. The molecule has 3 aromatic rings. The number of hydrogen-bond donors (Lipinski definition) is 2. The number of nitrogens with zero attached hydrogens (tertiary/aromatic N) is 2. The quantitative estimate of drug-likeness (QED) is 0.361. The number of para-hydroxylation sites is 1. The van der Waals surface area contributed by atoms with Gasteiger partial charge in [0.25, 0.3) is 5.56 Å². The summed E-state index contributed by atoms with van der Waals surface area (Å²) in [6, 6.07) is 11.6. The summed E-state index contributed by atoms with van der Waals surface area (Å²) in [4.78, 5) is 39.1. The van der Waals surface area contributed by atoms with Gasteiger partial charge in [0.05, 0.1) is 29.0 Å². The number of esters is 1. The molecule has 5 rings (SSSR count). The molecule has 9 heteroatoms. The fourth-order valence-electron chi connectivity index (χ4n) is 3.93. The first kappa shape index (κ1) is 21.0. The van der Waals surface area contributed by atoms with E-state index >= 15 is 0 Å². The smallest absolute Gasteiger partial charge is 0.343 e. The lowest BCUT2D eigenvalue weighted by molar-refractivity contribution is -0.172. The summed E-state index contributed by atoms with van der Waals surface area (Å²) in [7, 11) is 0. The van der Waals surface area contributed by atoms with E-state index in [-0.39, 0.29) is 24.5 Å². The molecule has 2 aromatic heterocycles. The molecule has 2 aliphatic heterocycles. The predicted octanol–water partition coefficient (Wildman–Crippen LogP) is 2.39.